The lowest BCUT2D eigenvalue weighted by Gasteiger charge is -2.28. The van der Waals surface area contributed by atoms with Crippen molar-refractivity contribution in [2.24, 2.45) is 0 Å². The van der Waals surface area contributed by atoms with Crippen LogP contribution in [0.2, 0.25) is 0 Å². The topological polar surface area (TPSA) is 60.9 Å². The van der Waals surface area contributed by atoms with Gasteiger partial charge in [0.15, 0.2) is 0 Å². The molecule has 1 aliphatic rings. The van der Waals surface area contributed by atoms with Gasteiger partial charge in [-0.1, -0.05) is 103 Å². The molecule has 34 heavy (non-hydrogen) atoms. The third kappa shape index (κ3) is 5.43. The van der Waals surface area contributed by atoms with E-state index in [2.05, 4.69) is 17.1 Å². The molecule has 5 heteroatoms. The molecule has 174 valence electrons. The van der Waals surface area contributed by atoms with Gasteiger partial charge >= 0.3 is 5.97 Å². The molecule has 0 aromatic heterocycles. The molecule has 1 fully saturated rings. The number of benzene rings is 3. The predicted octanol–water partition coefficient (Wildman–Crippen LogP) is 4.52. The first-order chi connectivity index (χ1) is 16.5. The first kappa shape index (κ1) is 23.5. The van der Waals surface area contributed by atoms with Crippen molar-refractivity contribution in [3.05, 3.63) is 114 Å². The molecule has 5 nitrogen and oxygen atoms in total. The van der Waals surface area contributed by atoms with Crippen molar-refractivity contribution >= 4 is 18.0 Å². The van der Waals surface area contributed by atoms with Gasteiger partial charge in [-0.25, -0.2) is 4.79 Å². The van der Waals surface area contributed by atoms with Gasteiger partial charge in [-0.2, -0.15) is 0 Å². The van der Waals surface area contributed by atoms with Crippen LogP contribution in [-0.2, 0) is 9.59 Å². The van der Waals surface area contributed by atoms with E-state index in [0.29, 0.717) is 19.5 Å². The molecule has 0 bridgehead atoms. The Labute approximate surface area is 201 Å². The summed E-state index contributed by atoms with van der Waals surface area (Å²) < 4.78 is 0. The molecule has 0 saturated carbocycles. The van der Waals surface area contributed by atoms with Gasteiger partial charge < -0.3 is 10.0 Å². The van der Waals surface area contributed by atoms with Crippen LogP contribution in [-0.4, -0.2) is 59.0 Å². The zero-order valence-corrected chi connectivity index (χ0v) is 19.3. The number of aliphatic carboxylic acids is 1. The summed E-state index contributed by atoms with van der Waals surface area (Å²) >= 11 is 0. The second kappa shape index (κ2) is 10.9. The molecule has 0 aliphatic carbocycles. The lowest BCUT2D eigenvalue weighted by atomic mass is 9.90. The second-order valence-corrected chi connectivity index (χ2v) is 8.74. The lowest BCUT2D eigenvalue weighted by Crippen LogP contribution is -2.43. The van der Waals surface area contributed by atoms with Gasteiger partial charge in [0.1, 0.15) is 6.04 Å². The molecule has 3 aromatic rings. The average Bonchev–Trinajstić information content (AvgIpc) is 3.32. The zero-order chi connectivity index (χ0) is 23.9. The summed E-state index contributed by atoms with van der Waals surface area (Å²) in [5, 5.41) is 9.95. The highest BCUT2D eigenvalue weighted by Gasteiger charge is 2.43. The maximum Gasteiger partial charge on any atom is 0.326 e. The van der Waals surface area contributed by atoms with Crippen LogP contribution in [0.4, 0.5) is 0 Å². The Morgan fingerprint density at radius 2 is 1.47 bits per heavy atom. The first-order valence-electron chi connectivity index (χ1n) is 11.6. The maximum absolute atomic E-state index is 13.9. The van der Waals surface area contributed by atoms with Gasteiger partial charge in [0.2, 0.25) is 5.91 Å². The van der Waals surface area contributed by atoms with Crippen LogP contribution in [0, 0.1) is 0 Å². The summed E-state index contributed by atoms with van der Waals surface area (Å²) in [5.74, 6) is -1.66. The molecule has 2 atom stereocenters. The van der Waals surface area contributed by atoms with Crippen LogP contribution in [0.5, 0.6) is 0 Å². The van der Waals surface area contributed by atoms with E-state index in [9.17, 15) is 14.7 Å². The van der Waals surface area contributed by atoms with Crippen molar-refractivity contribution in [1.29, 1.82) is 0 Å². The Hall–Kier alpha value is -3.70. The van der Waals surface area contributed by atoms with Crippen molar-refractivity contribution in [3.8, 4) is 0 Å². The largest absolute Gasteiger partial charge is 0.480 e. The molecular weight excluding hydrogens is 424 g/mol. The number of carboxylic acid groups (broad SMARTS) is 1. The van der Waals surface area contributed by atoms with Gasteiger partial charge in [-0.05, 0) is 30.2 Å². The predicted molar refractivity (Wildman–Crippen MR) is 134 cm³/mol. The van der Waals surface area contributed by atoms with E-state index in [0.717, 1.165) is 16.7 Å². The molecule has 0 unspecified atom stereocenters. The number of nitrogens with zero attached hydrogens (tertiary/aromatic N) is 2. The van der Waals surface area contributed by atoms with Gasteiger partial charge in [0, 0.05) is 19.1 Å². The van der Waals surface area contributed by atoms with E-state index in [1.807, 2.05) is 98.0 Å². The fourth-order valence-corrected chi connectivity index (χ4v) is 4.61. The molecule has 1 aliphatic heterocycles. The minimum Gasteiger partial charge on any atom is -0.480 e. The summed E-state index contributed by atoms with van der Waals surface area (Å²) in [5.41, 5.74) is 2.85. The van der Waals surface area contributed by atoms with E-state index in [4.69, 9.17) is 0 Å². The van der Waals surface area contributed by atoms with Crippen molar-refractivity contribution < 1.29 is 14.7 Å². The Balaban J connectivity index is 1.53. The van der Waals surface area contributed by atoms with Crippen molar-refractivity contribution in [3.63, 3.8) is 0 Å². The van der Waals surface area contributed by atoms with Crippen molar-refractivity contribution in [1.82, 2.24) is 9.80 Å². The fraction of sp³-hybridized carbons (Fsp3) is 0.241. The third-order valence-corrected chi connectivity index (χ3v) is 6.49. The molecule has 1 amide bonds. The summed E-state index contributed by atoms with van der Waals surface area (Å²) in [4.78, 5) is 29.7. The summed E-state index contributed by atoms with van der Waals surface area (Å²) in [6.45, 7) is 1.07. The maximum atomic E-state index is 13.9. The zero-order valence-electron chi connectivity index (χ0n) is 19.3. The second-order valence-electron chi connectivity index (χ2n) is 8.74. The van der Waals surface area contributed by atoms with Gasteiger partial charge in [-0.15, -0.1) is 0 Å². The summed E-state index contributed by atoms with van der Waals surface area (Å²) in [6, 6.07) is 28.4. The molecule has 1 N–H and O–H groups in total. The van der Waals surface area contributed by atoms with Crippen LogP contribution in [0.25, 0.3) is 6.08 Å². The van der Waals surface area contributed by atoms with Gasteiger partial charge in [0.25, 0.3) is 0 Å². The highest BCUT2D eigenvalue weighted by molar-refractivity contribution is 5.91. The number of likely N-dealkylation sites (tertiary alicyclic amines) is 1. The molecule has 3 aromatic carbocycles. The standard InChI is InChI=1S/C29H30N2O3/c1-30(19-11-14-22-12-5-2-6-13-22)25-20-26(29(33)34)31(21-25)28(32)27(23-15-7-3-8-16-23)24-17-9-4-10-18-24/h2-18,25-27H,19-21H2,1H3,(H,33,34)/t25-,26-/m0/s1. The monoisotopic (exact) mass is 454 g/mol. The summed E-state index contributed by atoms with van der Waals surface area (Å²) in [7, 11) is 1.98. The molecule has 0 radical (unpaired) electrons. The molecular formula is C29H30N2O3. The van der Waals surface area contributed by atoms with Crippen LogP contribution >= 0.6 is 0 Å². The summed E-state index contributed by atoms with van der Waals surface area (Å²) in [6.07, 6.45) is 4.54. The number of amides is 1. The van der Waals surface area contributed by atoms with Crippen molar-refractivity contribution in [2.75, 3.05) is 20.1 Å². The van der Waals surface area contributed by atoms with E-state index in [1.54, 1.807) is 4.90 Å². The van der Waals surface area contributed by atoms with Gasteiger partial charge in [-0.3, -0.25) is 9.69 Å². The Kier molecular flexibility index (Phi) is 7.55. The van der Waals surface area contributed by atoms with E-state index >= 15 is 0 Å². The van der Waals surface area contributed by atoms with Crippen LogP contribution in [0.15, 0.2) is 97.1 Å². The Morgan fingerprint density at radius 1 is 0.941 bits per heavy atom. The van der Waals surface area contributed by atoms with Crippen LogP contribution in [0.1, 0.15) is 29.0 Å². The molecule has 0 spiro atoms. The number of carboxylic acids is 1. The normalized spacial score (nSPS) is 18.1. The quantitative estimate of drug-likeness (QED) is 0.544. The van der Waals surface area contributed by atoms with Crippen LogP contribution in [0.3, 0.4) is 0 Å². The SMILES string of the molecule is CN(CC=Cc1ccccc1)[C@H]1C[C@@H](C(=O)O)N(C(=O)C(c2ccccc2)c2ccccc2)C1. The minimum absolute atomic E-state index is 0.0299. The molecule has 4 rings (SSSR count). The molecule has 1 heterocycles. The van der Waals surface area contributed by atoms with E-state index < -0.39 is 17.9 Å². The number of hydrogen-bond acceptors (Lipinski definition) is 3. The van der Waals surface area contributed by atoms with Crippen molar-refractivity contribution in [2.45, 2.75) is 24.4 Å². The smallest absolute Gasteiger partial charge is 0.326 e. The first-order valence-corrected chi connectivity index (χ1v) is 11.6. The lowest BCUT2D eigenvalue weighted by molar-refractivity contribution is -0.148. The fourth-order valence-electron chi connectivity index (χ4n) is 4.61. The highest BCUT2D eigenvalue weighted by Crippen LogP contribution is 2.31. The average molecular weight is 455 g/mol. The number of carbonyl (C=O) groups is 2. The number of carbonyl (C=O) groups excluding carboxylic acids is 1. The van der Waals surface area contributed by atoms with E-state index in [1.165, 1.54) is 0 Å². The Morgan fingerprint density at radius 3 is 2.00 bits per heavy atom. The number of likely N-dealkylation sites (N-methyl/N-ethyl adjacent to an activating group) is 1. The third-order valence-electron chi connectivity index (χ3n) is 6.49. The highest BCUT2D eigenvalue weighted by atomic mass is 16.4. The van der Waals surface area contributed by atoms with Crippen LogP contribution < -0.4 is 0 Å². The Bertz CT molecular complexity index is 1080. The van der Waals surface area contributed by atoms with E-state index in [-0.39, 0.29) is 11.9 Å². The molecule has 1 saturated heterocycles. The number of rotatable bonds is 8. The minimum atomic E-state index is -0.955. The number of hydrogen-bond donors (Lipinski definition) is 1. The van der Waals surface area contributed by atoms with Gasteiger partial charge in [0.05, 0.1) is 5.92 Å².